The standard InChI is InChI=1S/C10H16N2O6/c1-18-6-2-5(3-6)11-10(17)12-7(9(15)16)4-8(13)14/h5-7H,2-4H2,1H3,(H,13,14)(H,15,16)(H2,11,12,17). The van der Waals surface area contributed by atoms with Gasteiger partial charge < -0.3 is 25.6 Å². The minimum absolute atomic E-state index is 0.0609. The lowest BCUT2D eigenvalue weighted by atomic mass is 9.89. The molecule has 0 aromatic heterocycles. The van der Waals surface area contributed by atoms with Crippen molar-refractivity contribution in [2.24, 2.45) is 0 Å². The Morgan fingerprint density at radius 2 is 1.94 bits per heavy atom. The quantitative estimate of drug-likeness (QED) is 0.505. The smallest absolute Gasteiger partial charge is 0.326 e. The summed E-state index contributed by atoms with van der Waals surface area (Å²) in [5.74, 6) is -2.67. The molecule has 0 saturated heterocycles. The van der Waals surface area contributed by atoms with Gasteiger partial charge in [-0.05, 0) is 12.8 Å². The van der Waals surface area contributed by atoms with Gasteiger partial charge in [-0.1, -0.05) is 0 Å². The van der Waals surface area contributed by atoms with Crippen molar-refractivity contribution in [3.63, 3.8) is 0 Å². The molecule has 0 aliphatic heterocycles. The lowest BCUT2D eigenvalue weighted by Crippen LogP contribution is -2.54. The Kier molecular flexibility index (Phi) is 4.90. The third-order valence-corrected chi connectivity index (χ3v) is 2.75. The van der Waals surface area contributed by atoms with Gasteiger partial charge in [-0.3, -0.25) is 4.79 Å². The van der Waals surface area contributed by atoms with Crippen LogP contribution in [0.5, 0.6) is 0 Å². The maximum atomic E-state index is 11.4. The fourth-order valence-corrected chi connectivity index (χ4v) is 1.64. The number of hydrogen-bond donors (Lipinski definition) is 4. The summed E-state index contributed by atoms with van der Waals surface area (Å²) in [4.78, 5) is 32.5. The normalized spacial score (nSPS) is 23.6. The zero-order chi connectivity index (χ0) is 13.7. The number of amides is 2. The summed E-state index contributed by atoms with van der Waals surface area (Å²) in [6, 6.07) is -2.17. The van der Waals surface area contributed by atoms with Gasteiger partial charge in [0.2, 0.25) is 0 Å². The van der Waals surface area contributed by atoms with Crippen LogP contribution in [-0.2, 0) is 14.3 Å². The average Bonchev–Trinajstić information content (AvgIpc) is 2.20. The number of urea groups is 1. The fourth-order valence-electron chi connectivity index (χ4n) is 1.64. The molecule has 0 aromatic rings. The Morgan fingerprint density at radius 1 is 1.33 bits per heavy atom. The highest BCUT2D eigenvalue weighted by atomic mass is 16.5. The molecule has 8 heteroatoms. The molecule has 1 rings (SSSR count). The lowest BCUT2D eigenvalue weighted by molar-refractivity contribution is -0.145. The Morgan fingerprint density at radius 3 is 2.39 bits per heavy atom. The molecular weight excluding hydrogens is 244 g/mol. The van der Waals surface area contributed by atoms with Gasteiger partial charge in [0, 0.05) is 13.2 Å². The molecule has 2 amide bonds. The van der Waals surface area contributed by atoms with Crippen molar-refractivity contribution in [1.29, 1.82) is 0 Å². The second-order valence-corrected chi connectivity index (χ2v) is 4.13. The van der Waals surface area contributed by atoms with Crippen LogP contribution in [0, 0.1) is 0 Å². The minimum atomic E-state index is -1.43. The van der Waals surface area contributed by atoms with Crippen molar-refractivity contribution in [2.75, 3.05) is 7.11 Å². The van der Waals surface area contributed by atoms with Crippen molar-refractivity contribution in [3.8, 4) is 0 Å². The first-order chi connectivity index (χ1) is 8.42. The monoisotopic (exact) mass is 260 g/mol. The fraction of sp³-hybridized carbons (Fsp3) is 0.700. The van der Waals surface area contributed by atoms with Crippen LogP contribution in [-0.4, -0.2) is 53.5 Å². The van der Waals surface area contributed by atoms with Crippen LogP contribution in [0.4, 0.5) is 4.79 Å². The Labute approximate surface area is 103 Å². The van der Waals surface area contributed by atoms with Crippen molar-refractivity contribution in [3.05, 3.63) is 0 Å². The summed E-state index contributed by atoms with van der Waals surface area (Å²) in [5, 5.41) is 21.9. The van der Waals surface area contributed by atoms with Crippen LogP contribution < -0.4 is 10.6 Å². The van der Waals surface area contributed by atoms with E-state index in [-0.39, 0.29) is 12.1 Å². The summed E-state index contributed by atoms with van der Waals surface area (Å²) in [5.41, 5.74) is 0. The molecule has 4 N–H and O–H groups in total. The van der Waals surface area contributed by atoms with E-state index in [2.05, 4.69) is 10.6 Å². The second kappa shape index (κ2) is 6.20. The molecule has 0 heterocycles. The van der Waals surface area contributed by atoms with Gasteiger partial charge in [-0.15, -0.1) is 0 Å². The summed E-state index contributed by atoms with van der Waals surface area (Å²) < 4.78 is 5.03. The lowest BCUT2D eigenvalue weighted by Gasteiger charge is -2.34. The first kappa shape index (κ1) is 14.2. The highest BCUT2D eigenvalue weighted by molar-refractivity contribution is 5.86. The van der Waals surface area contributed by atoms with E-state index in [0.29, 0.717) is 12.8 Å². The number of carboxylic acids is 2. The molecule has 0 aromatic carbocycles. The Balaban J connectivity index is 2.33. The van der Waals surface area contributed by atoms with Crippen molar-refractivity contribution in [1.82, 2.24) is 10.6 Å². The zero-order valence-electron chi connectivity index (χ0n) is 9.88. The Bertz CT molecular complexity index is 339. The molecule has 18 heavy (non-hydrogen) atoms. The van der Waals surface area contributed by atoms with E-state index >= 15 is 0 Å². The van der Waals surface area contributed by atoms with Crippen LogP contribution in [0.2, 0.25) is 0 Å². The number of carboxylic acid groups (broad SMARTS) is 2. The number of methoxy groups -OCH3 is 1. The molecule has 8 nitrogen and oxygen atoms in total. The van der Waals surface area contributed by atoms with Gasteiger partial charge in [-0.2, -0.15) is 0 Å². The third kappa shape index (κ3) is 4.21. The van der Waals surface area contributed by atoms with Crippen molar-refractivity contribution < 1.29 is 29.3 Å². The molecule has 0 radical (unpaired) electrons. The largest absolute Gasteiger partial charge is 0.481 e. The number of nitrogens with one attached hydrogen (secondary N) is 2. The van der Waals surface area contributed by atoms with E-state index in [1.54, 1.807) is 7.11 Å². The van der Waals surface area contributed by atoms with Gasteiger partial charge in [-0.25, -0.2) is 9.59 Å². The van der Waals surface area contributed by atoms with Gasteiger partial charge in [0.15, 0.2) is 0 Å². The summed E-state index contributed by atoms with van der Waals surface area (Å²) >= 11 is 0. The Hall–Kier alpha value is -1.83. The zero-order valence-corrected chi connectivity index (χ0v) is 9.88. The molecule has 102 valence electrons. The number of carbonyl (C=O) groups is 3. The second-order valence-electron chi connectivity index (χ2n) is 4.13. The molecule has 1 saturated carbocycles. The first-order valence-corrected chi connectivity index (χ1v) is 5.46. The molecular formula is C10H16N2O6. The van der Waals surface area contributed by atoms with Gasteiger partial charge in [0.1, 0.15) is 6.04 Å². The van der Waals surface area contributed by atoms with Crippen LogP contribution >= 0.6 is 0 Å². The first-order valence-electron chi connectivity index (χ1n) is 5.46. The topological polar surface area (TPSA) is 125 Å². The highest BCUT2D eigenvalue weighted by Gasteiger charge is 2.31. The van der Waals surface area contributed by atoms with E-state index in [9.17, 15) is 14.4 Å². The van der Waals surface area contributed by atoms with E-state index in [1.807, 2.05) is 0 Å². The minimum Gasteiger partial charge on any atom is -0.481 e. The average molecular weight is 260 g/mol. The number of hydrogen-bond acceptors (Lipinski definition) is 4. The number of rotatable bonds is 6. The number of aliphatic carboxylic acids is 2. The predicted octanol–water partition coefficient (Wildman–Crippen LogP) is -0.609. The van der Waals surface area contributed by atoms with Crippen LogP contribution in [0.15, 0.2) is 0 Å². The van der Waals surface area contributed by atoms with E-state index in [1.165, 1.54) is 0 Å². The number of carbonyl (C=O) groups excluding carboxylic acids is 1. The predicted molar refractivity (Wildman–Crippen MR) is 59.2 cm³/mol. The molecule has 1 aliphatic rings. The van der Waals surface area contributed by atoms with Gasteiger partial charge in [0.05, 0.1) is 12.5 Å². The van der Waals surface area contributed by atoms with E-state index in [4.69, 9.17) is 14.9 Å². The van der Waals surface area contributed by atoms with Crippen LogP contribution in [0.1, 0.15) is 19.3 Å². The van der Waals surface area contributed by atoms with Crippen LogP contribution in [0.3, 0.4) is 0 Å². The van der Waals surface area contributed by atoms with E-state index in [0.717, 1.165) is 0 Å². The molecule has 0 bridgehead atoms. The van der Waals surface area contributed by atoms with Crippen LogP contribution in [0.25, 0.3) is 0 Å². The maximum absolute atomic E-state index is 11.4. The summed E-state index contributed by atoms with van der Waals surface area (Å²) in [7, 11) is 1.58. The maximum Gasteiger partial charge on any atom is 0.326 e. The number of ether oxygens (including phenoxy) is 1. The molecule has 1 aliphatic carbocycles. The third-order valence-electron chi connectivity index (χ3n) is 2.75. The van der Waals surface area contributed by atoms with Crippen molar-refractivity contribution in [2.45, 2.75) is 37.5 Å². The molecule has 0 spiro atoms. The van der Waals surface area contributed by atoms with E-state index < -0.39 is 30.4 Å². The highest BCUT2D eigenvalue weighted by Crippen LogP contribution is 2.22. The summed E-state index contributed by atoms with van der Waals surface area (Å²) in [6.07, 6.45) is 0.791. The molecule has 1 unspecified atom stereocenters. The summed E-state index contributed by atoms with van der Waals surface area (Å²) in [6.45, 7) is 0. The SMILES string of the molecule is COC1CC(NC(=O)NC(CC(=O)O)C(=O)O)C1. The van der Waals surface area contributed by atoms with Gasteiger partial charge >= 0.3 is 18.0 Å². The molecule has 1 atom stereocenters. The van der Waals surface area contributed by atoms with Crippen molar-refractivity contribution >= 4 is 18.0 Å². The molecule has 1 fully saturated rings. The van der Waals surface area contributed by atoms with Gasteiger partial charge in [0.25, 0.3) is 0 Å².